The molecule has 148 valence electrons. The zero-order chi connectivity index (χ0) is 20.3. The maximum atomic E-state index is 12.3. The van der Waals surface area contributed by atoms with E-state index in [1.165, 1.54) is 12.1 Å². The van der Waals surface area contributed by atoms with E-state index < -0.39 is 11.7 Å². The first-order valence-corrected chi connectivity index (χ1v) is 9.32. The number of thioether (sulfide) groups is 1. The van der Waals surface area contributed by atoms with Gasteiger partial charge in [-0.1, -0.05) is 45.5 Å². The standard InChI is InChI=1S/C11H13F3S.C10H13NO/c1-10(2,3)15-9-6-4-8(5-7-9)11(12,13)14;1-2-11-8-9-12-10-6-4-3-5-7-10/h4-7H,1-3H3;2-7,11H,1,8-9H2. The van der Waals surface area contributed by atoms with Crippen molar-refractivity contribution in [2.24, 2.45) is 0 Å². The predicted octanol–water partition coefficient (Wildman–Crippen LogP) is 6.39. The molecule has 2 nitrogen and oxygen atoms in total. The molecule has 6 heteroatoms. The third-order valence-corrected chi connectivity index (χ3v) is 4.13. The molecular formula is C21H26F3NOS. The third kappa shape index (κ3) is 10.6. The second kappa shape index (κ2) is 10.9. The molecule has 0 atom stereocenters. The van der Waals surface area contributed by atoms with Gasteiger partial charge in [0, 0.05) is 16.2 Å². The molecular weight excluding hydrogens is 371 g/mol. The molecule has 2 aromatic rings. The van der Waals surface area contributed by atoms with Gasteiger partial charge in [0.15, 0.2) is 0 Å². The smallest absolute Gasteiger partial charge is 0.416 e. The van der Waals surface area contributed by atoms with E-state index in [1.54, 1.807) is 18.0 Å². The van der Waals surface area contributed by atoms with Gasteiger partial charge in [0.2, 0.25) is 0 Å². The molecule has 0 aromatic heterocycles. The number of nitrogens with one attached hydrogen (secondary N) is 1. The number of rotatable bonds is 6. The van der Waals surface area contributed by atoms with E-state index in [0.717, 1.165) is 29.3 Å². The molecule has 0 bridgehead atoms. The molecule has 2 aromatic carbocycles. The van der Waals surface area contributed by atoms with E-state index in [1.807, 2.05) is 51.1 Å². The van der Waals surface area contributed by atoms with E-state index in [4.69, 9.17) is 4.74 Å². The summed E-state index contributed by atoms with van der Waals surface area (Å²) in [4.78, 5) is 0.857. The van der Waals surface area contributed by atoms with Crippen LogP contribution in [0, 0.1) is 0 Å². The molecule has 0 amide bonds. The quantitative estimate of drug-likeness (QED) is 0.450. The average molecular weight is 398 g/mol. The van der Waals surface area contributed by atoms with Crippen molar-refractivity contribution in [3.63, 3.8) is 0 Å². The molecule has 0 saturated heterocycles. The fourth-order valence-corrected chi connectivity index (χ4v) is 2.89. The summed E-state index contributed by atoms with van der Waals surface area (Å²) in [5, 5.41) is 2.96. The molecule has 0 spiro atoms. The van der Waals surface area contributed by atoms with Gasteiger partial charge in [0.25, 0.3) is 0 Å². The summed E-state index contributed by atoms with van der Waals surface area (Å²) in [6.45, 7) is 11.1. The Hall–Kier alpha value is -2.08. The van der Waals surface area contributed by atoms with Crippen molar-refractivity contribution in [1.82, 2.24) is 5.32 Å². The zero-order valence-electron chi connectivity index (χ0n) is 15.8. The fraction of sp³-hybridized carbons (Fsp3) is 0.333. The second-order valence-corrected chi connectivity index (χ2v) is 8.46. The van der Waals surface area contributed by atoms with Crippen LogP contribution in [0.1, 0.15) is 26.3 Å². The largest absolute Gasteiger partial charge is 0.492 e. The van der Waals surface area contributed by atoms with Gasteiger partial charge in [-0.3, -0.25) is 0 Å². The lowest BCUT2D eigenvalue weighted by Crippen LogP contribution is -2.14. The summed E-state index contributed by atoms with van der Waals surface area (Å²) < 4.78 is 42.2. The van der Waals surface area contributed by atoms with Crippen molar-refractivity contribution in [3.8, 4) is 5.75 Å². The number of alkyl halides is 3. The molecule has 0 heterocycles. The summed E-state index contributed by atoms with van der Waals surface area (Å²) in [5.74, 6) is 0.906. The minimum absolute atomic E-state index is 0.0136. The van der Waals surface area contributed by atoms with Gasteiger partial charge >= 0.3 is 6.18 Å². The minimum Gasteiger partial charge on any atom is -0.492 e. The normalized spacial score (nSPS) is 11.2. The summed E-state index contributed by atoms with van der Waals surface area (Å²) in [6.07, 6.45) is -2.58. The lowest BCUT2D eigenvalue weighted by atomic mass is 10.2. The van der Waals surface area contributed by atoms with Crippen LogP contribution in [0.2, 0.25) is 0 Å². The molecule has 0 unspecified atom stereocenters. The van der Waals surface area contributed by atoms with Gasteiger partial charge in [-0.2, -0.15) is 13.2 Å². The van der Waals surface area contributed by atoms with Crippen molar-refractivity contribution in [3.05, 3.63) is 72.9 Å². The number of hydrogen-bond donors (Lipinski definition) is 1. The summed E-state index contributed by atoms with van der Waals surface area (Å²) in [5.41, 5.74) is -0.597. The average Bonchev–Trinajstić information content (AvgIpc) is 2.59. The summed E-state index contributed by atoms with van der Waals surface area (Å²) in [7, 11) is 0. The Morgan fingerprint density at radius 1 is 1.00 bits per heavy atom. The highest BCUT2D eigenvalue weighted by atomic mass is 32.2. The van der Waals surface area contributed by atoms with Gasteiger partial charge in [0.1, 0.15) is 12.4 Å². The molecule has 0 fully saturated rings. The topological polar surface area (TPSA) is 21.3 Å². The van der Waals surface area contributed by atoms with Crippen molar-refractivity contribution in [1.29, 1.82) is 0 Å². The van der Waals surface area contributed by atoms with Crippen molar-refractivity contribution >= 4 is 11.8 Å². The second-order valence-electron chi connectivity index (χ2n) is 6.56. The Balaban J connectivity index is 0.000000277. The van der Waals surface area contributed by atoms with Gasteiger partial charge in [-0.25, -0.2) is 0 Å². The molecule has 27 heavy (non-hydrogen) atoms. The van der Waals surface area contributed by atoms with E-state index in [9.17, 15) is 13.2 Å². The number of ether oxygens (including phenoxy) is 1. The summed E-state index contributed by atoms with van der Waals surface area (Å²) >= 11 is 1.55. The predicted molar refractivity (Wildman–Crippen MR) is 107 cm³/mol. The van der Waals surface area contributed by atoms with Gasteiger partial charge in [0.05, 0.1) is 5.56 Å². The highest BCUT2D eigenvalue weighted by molar-refractivity contribution is 8.00. The van der Waals surface area contributed by atoms with Crippen LogP contribution in [0.15, 0.2) is 72.3 Å². The first kappa shape index (κ1) is 23.0. The van der Waals surface area contributed by atoms with Crippen LogP contribution in [-0.2, 0) is 6.18 Å². The highest BCUT2D eigenvalue weighted by Gasteiger charge is 2.30. The molecule has 0 aliphatic heterocycles. The number of hydrogen-bond acceptors (Lipinski definition) is 3. The molecule has 0 aliphatic carbocycles. The maximum absolute atomic E-state index is 12.3. The number of halogens is 3. The molecule has 1 N–H and O–H groups in total. The van der Waals surface area contributed by atoms with Crippen LogP contribution in [0.5, 0.6) is 5.75 Å². The van der Waals surface area contributed by atoms with E-state index in [-0.39, 0.29) is 4.75 Å². The Kier molecular flexibility index (Phi) is 9.29. The first-order chi connectivity index (χ1) is 12.6. The highest BCUT2D eigenvalue weighted by Crippen LogP contribution is 2.34. The molecule has 0 aliphatic rings. The van der Waals surface area contributed by atoms with E-state index in [0.29, 0.717) is 6.61 Å². The number of benzene rings is 2. The Morgan fingerprint density at radius 2 is 1.59 bits per heavy atom. The Labute approximate surface area is 163 Å². The van der Waals surface area contributed by atoms with Crippen LogP contribution < -0.4 is 10.1 Å². The van der Waals surface area contributed by atoms with Gasteiger partial charge in [-0.15, -0.1) is 11.8 Å². The van der Waals surface area contributed by atoms with Crippen molar-refractivity contribution in [2.75, 3.05) is 13.2 Å². The molecule has 2 rings (SSSR count). The van der Waals surface area contributed by atoms with Crippen LogP contribution in [0.4, 0.5) is 13.2 Å². The third-order valence-electron chi connectivity index (χ3n) is 3.01. The van der Waals surface area contributed by atoms with Crippen LogP contribution in [-0.4, -0.2) is 17.9 Å². The van der Waals surface area contributed by atoms with Crippen LogP contribution >= 0.6 is 11.8 Å². The first-order valence-electron chi connectivity index (χ1n) is 8.50. The van der Waals surface area contributed by atoms with Gasteiger partial charge in [-0.05, 0) is 42.6 Å². The fourth-order valence-electron chi connectivity index (χ4n) is 1.91. The lowest BCUT2D eigenvalue weighted by Gasteiger charge is -2.17. The number of para-hydroxylation sites is 1. The summed E-state index contributed by atoms with van der Waals surface area (Å²) in [6, 6.07) is 15.0. The van der Waals surface area contributed by atoms with Crippen molar-refractivity contribution < 1.29 is 17.9 Å². The Morgan fingerprint density at radius 3 is 2.07 bits per heavy atom. The lowest BCUT2D eigenvalue weighted by molar-refractivity contribution is -0.137. The van der Waals surface area contributed by atoms with Crippen LogP contribution in [0.3, 0.4) is 0 Å². The van der Waals surface area contributed by atoms with Crippen LogP contribution in [0.25, 0.3) is 0 Å². The maximum Gasteiger partial charge on any atom is 0.416 e. The van der Waals surface area contributed by atoms with Gasteiger partial charge < -0.3 is 10.1 Å². The molecule has 0 saturated carbocycles. The molecule has 0 radical (unpaired) electrons. The SMILES string of the molecule is C=CNCCOc1ccccc1.CC(C)(C)Sc1ccc(C(F)(F)F)cc1. The minimum atomic E-state index is -4.25. The van der Waals surface area contributed by atoms with E-state index >= 15 is 0 Å². The van der Waals surface area contributed by atoms with Crippen molar-refractivity contribution in [2.45, 2.75) is 36.6 Å². The monoisotopic (exact) mass is 397 g/mol. The van der Waals surface area contributed by atoms with E-state index in [2.05, 4.69) is 11.9 Å². The zero-order valence-corrected chi connectivity index (χ0v) is 16.7. The Bertz CT molecular complexity index is 665.